The van der Waals surface area contributed by atoms with Gasteiger partial charge in [0.25, 0.3) is 5.69 Å². The Morgan fingerprint density at radius 3 is 2.61 bits per heavy atom. The minimum Gasteiger partial charge on any atom is -0.497 e. The molecule has 0 bridgehead atoms. The second-order valence-electron chi connectivity index (χ2n) is 4.53. The van der Waals surface area contributed by atoms with Crippen molar-refractivity contribution >= 4 is 23.4 Å². The molecule has 0 radical (unpaired) electrons. The molecule has 0 spiro atoms. The van der Waals surface area contributed by atoms with E-state index < -0.39 is 10.9 Å². The summed E-state index contributed by atoms with van der Waals surface area (Å²) in [7, 11) is 2.79. The van der Waals surface area contributed by atoms with Crippen LogP contribution in [0.15, 0.2) is 47.4 Å². The number of ether oxygens (including phenoxy) is 2. The number of carbonyl (C=O) groups excluding carboxylic acids is 1. The molecule has 0 N–H and O–H groups in total. The predicted molar refractivity (Wildman–Crippen MR) is 87.0 cm³/mol. The maximum Gasteiger partial charge on any atom is 0.345 e. The quantitative estimate of drug-likeness (QED) is 0.347. The Bertz CT molecular complexity index is 732. The van der Waals surface area contributed by atoms with Crippen molar-refractivity contribution in [1.82, 2.24) is 0 Å². The monoisotopic (exact) mass is 333 g/mol. The van der Waals surface area contributed by atoms with Crippen LogP contribution in [0.5, 0.6) is 5.75 Å². The van der Waals surface area contributed by atoms with E-state index in [1.165, 1.54) is 24.9 Å². The van der Waals surface area contributed by atoms with E-state index in [1.807, 2.05) is 24.3 Å². The Labute approximate surface area is 137 Å². The molecule has 2 rings (SSSR count). The van der Waals surface area contributed by atoms with Crippen LogP contribution in [-0.2, 0) is 10.5 Å². The van der Waals surface area contributed by atoms with Gasteiger partial charge in [-0.25, -0.2) is 4.79 Å². The molecule has 23 heavy (non-hydrogen) atoms. The highest BCUT2D eigenvalue weighted by atomic mass is 32.2. The van der Waals surface area contributed by atoms with Gasteiger partial charge in [-0.2, -0.15) is 0 Å². The predicted octanol–water partition coefficient (Wildman–Crippen LogP) is 3.68. The fraction of sp³-hybridized carbons (Fsp3) is 0.188. The van der Waals surface area contributed by atoms with E-state index in [-0.39, 0.29) is 11.3 Å². The minimum absolute atomic E-state index is 0.00426. The molecule has 0 atom stereocenters. The molecule has 2 aromatic rings. The Balaban J connectivity index is 2.30. The summed E-state index contributed by atoms with van der Waals surface area (Å²) < 4.78 is 9.84. The van der Waals surface area contributed by atoms with Crippen molar-refractivity contribution in [3.05, 3.63) is 63.7 Å². The molecule has 0 aliphatic rings. The molecule has 0 saturated heterocycles. The van der Waals surface area contributed by atoms with Gasteiger partial charge in [0.15, 0.2) is 0 Å². The fourth-order valence-electron chi connectivity index (χ4n) is 2.05. The summed E-state index contributed by atoms with van der Waals surface area (Å²) in [6.07, 6.45) is 0. The van der Waals surface area contributed by atoms with Gasteiger partial charge in [0.05, 0.1) is 19.1 Å². The maximum atomic E-state index is 11.9. The van der Waals surface area contributed by atoms with Crippen LogP contribution in [-0.4, -0.2) is 25.1 Å². The number of esters is 1. The number of nitro benzene ring substituents is 1. The Morgan fingerprint density at radius 2 is 1.96 bits per heavy atom. The standard InChI is InChI=1S/C16H15NO5S/c1-21-12-6-4-7-13(9-12)23-10-11-5-3-8-14(17(19)20)15(11)16(18)22-2/h3-9H,10H2,1-2H3. The number of methoxy groups -OCH3 is 2. The number of hydrogen-bond acceptors (Lipinski definition) is 6. The van der Waals surface area contributed by atoms with E-state index in [0.717, 1.165) is 10.6 Å². The molecule has 0 fully saturated rings. The van der Waals surface area contributed by atoms with Crippen molar-refractivity contribution < 1.29 is 19.2 Å². The van der Waals surface area contributed by atoms with Crippen molar-refractivity contribution in [2.45, 2.75) is 10.6 Å². The first-order valence-electron chi connectivity index (χ1n) is 6.68. The van der Waals surface area contributed by atoms with E-state index in [0.29, 0.717) is 11.3 Å². The summed E-state index contributed by atoms with van der Waals surface area (Å²) in [4.78, 5) is 23.4. The van der Waals surface area contributed by atoms with Gasteiger partial charge in [0, 0.05) is 16.7 Å². The lowest BCUT2D eigenvalue weighted by Gasteiger charge is -2.09. The first-order valence-corrected chi connectivity index (χ1v) is 7.66. The number of rotatable bonds is 6. The molecule has 0 aliphatic carbocycles. The minimum atomic E-state index is -0.710. The highest BCUT2D eigenvalue weighted by molar-refractivity contribution is 7.98. The number of hydrogen-bond donors (Lipinski definition) is 0. The highest BCUT2D eigenvalue weighted by Gasteiger charge is 2.24. The third kappa shape index (κ3) is 4.01. The molecule has 120 valence electrons. The molecule has 0 saturated carbocycles. The van der Waals surface area contributed by atoms with E-state index in [4.69, 9.17) is 4.74 Å². The summed E-state index contributed by atoms with van der Waals surface area (Å²) in [5, 5.41) is 11.1. The smallest absolute Gasteiger partial charge is 0.345 e. The Kier molecular flexibility index (Phi) is 5.59. The molecule has 0 aromatic heterocycles. The van der Waals surface area contributed by atoms with Gasteiger partial charge in [-0.15, -0.1) is 11.8 Å². The van der Waals surface area contributed by atoms with E-state index in [2.05, 4.69) is 4.74 Å². The van der Waals surface area contributed by atoms with Crippen LogP contribution in [0.1, 0.15) is 15.9 Å². The van der Waals surface area contributed by atoms with Crippen LogP contribution in [0.4, 0.5) is 5.69 Å². The summed E-state index contributed by atoms with van der Waals surface area (Å²) >= 11 is 1.46. The maximum absolute atomic E-state index is 11.9. The van der Waals surface area contributed by atoms with Gasteiger partial charge < -0.3 is 9.47 Å². The second-order valence-corrected chi connectivity index (χ2v) is 5.58. The zero-order valence-electron chi connectivity index (χ0n) is 12.6. The number of nitro groups is 1. The molecule has 6 nitrogen and oxygen atoms in total. The Hall–Kier alpha value is -2.54. The normalized spacial score (nSPS) is 10.2. The summed E-state index contributed by atoms with van der Waals surface area (Å²) in [5.41, 5.74) is 0.301. The van der Waals surface area contributed by atoms with E-state index in [1.54, 1.807) is 19.2 Å². The van der Waals surface area contributed by atoms with Crippen molar-refractivity contribution in [2.75, 3.05) is 14.2 Å². The van der Waals surface area contributed by atoms with Crippen molar-refractivity contribution in [3.8, 4) is 5.75 Å². The molecule has 7 heteroatoms. The lowest BCUT2D eigenvalue weighted by molar-refractivity contribution is -0.385. The summed E-state index contributed by atoms with van der Waals surface area (Å²) in [5.74, 6) is 0.417. The van der Waals surface area contributed by atoms with Gasteiger partial charge in [-0.3, -0.25) is 10.1 Å². The van der Waals surface area contributed by atoms with E-state index in [9.17, 15) is 14.9 Å². The topological polar surface area (TPSA) is 78.7 Å². The largest absolute Gasteiger partial charge is 0.497 e. The molecule has 0 amide bonds. The molecule has 0 heterocycles. The number of thioether (sulfide) groups is 1. The first kappa shape index (κ1) is 16.8. The third-order valence-corrected chi connectivity index (χ3v) is 4.19. The molecule has 0 aliphatic heterocycles. The van der Waals surface area contributed by atoms with Crippen molar-refractivity contribution in [2.24, 2.45) is 0 Å². The first-order chi connectivity index (χ1) is 11.1. The van der Waals surface area contributed by atoms with Gasteiger partial charge >= 0.3 is 5.97 Å². The van der Waals surface area contributed by atoms with Crippen molar-refractivity contribution in [1.29, 1.82) is 0 Å². The fourth-order valence-corrected chi connectivity index (χ4v) is 2.99. The van der Waals surface area contributed by atoms with Crippen LogP contribution in [0.3, 0.4) is 0 Å². The lowest BCUT2D eigenvalue weighted by Crippen LogP contribution is -2.09. The third-order valence-electron chi connectivity index (χ3n) is 3.15. The second kappa shape index (κ2) is 7.64. The average Bonchev–Trinajstić information content (AvgIpc) is 2.58. The summed E-state index contributed by atoms with van der Waals surface area (Å²) in [6.45, 7) is 0. The van der Waals surface area contributed by atoms with Crippen LogP contribution in [0, 0.1) is 10.1 Å². The van der Waals surface area contributed by atoms with Gasteiger partial charge in [0.1, 0.15) is 11.3 Å². The molecular weight excluding hydrogens is 318 g/mol. The molecular formula is C16H15NO5S. The molecule has 0 unspecified atom stereocenters. The van der Waals surface area contributed by atoms with Gasteiger partial charge in [-0.1, -0.05) is 18.2 Å². The van der Waals surface area contributed by atoms with Crippen LogP contribution < -0.4 is 4.74 Å². The lowest BCUT2D eigenvalue weighted by atomic mass is 10.1. The van der Waals surface area contributed by atoms with E-state index >= 15 is 0 Å². The van der Waals surface area contributed by atoms with Crippen LogP contribution >= 0.6 is 11.8 Å². The number of benzene rings is 2. The molecule has 2 aromatic carbocycles. The highest BCUT2D eigenvalue weighted by Crippen LogP contribution is 2.30. The zero-order valence-corrected chi connectivity index (χ0v) is 13.5. The number of nitrogens with zero attached hydrogens (tertiary/aromatic N) is 1. The number of carbonyl (C=O) groups is 1. The SMILES string of the molecule is COC(=O)c1c(CSc2cccc(OC)c2)cccc1[N+](=O)[O-]. The van der Waals surface area contributed by atoms with Gasteiger partial charge in [-0.05, 0) is 23.8 Å². The Morgan fingerprint density at radius 1 is 1.22 bits per heavy atom. The average molecular weight is 333 g/mol. The summed E-state index contributed by atoms with van der Waals surface area (Å²) in [6, 6.07) is 12.0. The van der Waals surface area contributed by atoms with Crippen LogP contribution in [0.25, 0.3) is 0 Å². The zero-order chi connectivity index (χ0) is 16.8. The van der Waals surface area contributed by atoms with Crippen molar-refractivity contribution in [3.63, 3.8) is 0 Å². The van der Waals surface area contributed by atoms with Crippen LogP contribution in [0.2, 0.25) is 0 Å². The van der Waals surface area contributed by atoms with Gasteiger partial charge in [0.2, 0.25) is 0 Å².